The van der Waals surface area contributed by atoms with Crippen LogP contribution in [0.1, 0.15) is 19.3 Å². The summed E-state index contributed by atoms with van der Waals surface area (Å²) < 4.78 is 53.5. The SMILES string of the molecule is CN(C)C1(CNS(=O)(=O)c2cc(N)c(F)cc2F)CCC1. The molecule has 1 aliphatic carbocycles. The molecule has 1 saturated carbocycles. The molecule has 1 fully saturated rings. The second-order valence-corrected chi connectivity index (χ2v) is 7.34. The molecular weight excluding hydrogens is 300 g/mol. The molecule has 0 amide bonds. The predicted molar refractivity (Wildman–Crippen MR) is 76.2 cm³/mol. The van der Waals surface area contributed by atoms with E-state index in [1.807, 2.05) is 19.0 Å². The summed E-state index contributed by atoms with van der Waals surface area (Å²) in [4.78, 5) is 1.34. The molecule has 0 bridgehead atoms. The summed E-state index contributed by atoms with van der Waals surface area (Å²) in [5.41, 5.74) is 4.67. The zero-order chi connectivity index (χ0) is 15.8. The average molecular weight is 319 g/mol. The molecule has 0 heterocycles. The number of hydrogen-bond acceptors (Lipinski definition) is 4. The zero-order valence-electron chi connectivity index (χ0n) is 12.0. The van der Waals surface area contributed by atoms with Crippen LogP contribution in [0.25, 0.3) is 0 Å². The Hall–Kier alpha value is -1.25. The summed E-state index contributed by atoms with van der Waals surface area (Å²) in [6, 6.07) is 1.28. The maximum absolute atomic E-state index is 13.7. The third-order valence-corrected chi connectivity index (χ3v) is 5.58. The van der Waals surface area contributed by atoms with Crippen LogP contribution < -0.4 is 10.5 Å². The van der Waals surface area contributed by atoms with Gasteiger partial charge in [0.25, 0.3) is 0 Å². The number of anilines is 1. The Morgan fingerprint density at radius 1 is 1.29 bits per heavy atom. The molecule has 118 valence electrons. The van der Waals surface area contributed by atoms with Gasteiger partial charge in [-0.15, -0.1) is 0 Å². The van der Waals surface area contributed by atoms with Gasteiger partial charge in [0.05, 0.1) is 5.69 Å². The molecular formula is C13H19F2N3O2S. The molecule has 0 saturated heterocycles. The van der Waals surface area contributed by atoms with E-state index >= 15 is 0 Å². The minimum Gasteiger partial charge on any atom is -0.396 e. The number of nitrogens with one attached hydrogen (secondary N) is 1. The van der Waals surface area contributed by atoms with E-state index in [2.05, 4.69) is 4.72 Å². The predicted octanol–water partition coefficient (Wildman–Crippen LogP) is 1.31. The summed E-state index contributed by atoms with van der Waals surface area (Å²) in [7, 11) is -0.314. The van der Waals surface area contributed by atoms with Crippen LogP contribution in [-0.4, -0.2) is 39.5 Å². The van der Waals surface area contributed by atoms with Gasteiger partial charge < -0.3 is 10.6 Å². The van der Waals surface area contributed by atoms with E-state index in [9.17, 15) is 17.2 Å². The molecule has 1 aliphatic rings. The monoisotopic (exact) mass is 319 g/mol. The van der Waals surface area contributed by atoms with Crippen LogP contribution in [0.2, 0.25) is 0 Å². The van der Waals surface area contributed by atoms with Crippen molar-refractivity contribution in [2.75, 3.05) is 26.4 Å². The molecule has 8 heteroatoms. The molecule has 0 radical (unpaired) electrons. The maximum atomic E-state index is 13.7. The van der Waals surface area contributed by atoms with Crippen molar-refractivity contribution in [3.63, 3.8) is 0 Å². The Morgan fingerprint density at radius 2 is 1.90 bits per heavy atom. The number of halogens is 2. The van der Waals surface area contributed by atoms with Crippen LogP contribution in [0.4, 0.5) is 14.5 Å². The van der Waals surface area contributed by atoms with Crippen LogP contribution in [-0.2, 0) is 10.0 Å². The van der Waals surface area contributed by atoms with Crippen LogP contribution >= 0.6 is 0 Å². The lowest BCUT2D eigenvalue weighted by Gasteiger charge is -2.47. The van der Waals surface area contributed by atoms with Crippen molar-refractivity contribution >= 4 is 15.7 Å². The minimum atomic E-state index is -4.07. The number of hydrogen-bond donors (Lipinski definition) is 2. The quantitative estimate of drug-likeness (QED) is 0.803. The third-order valence-electron chi connectivity index (χ3n) is 4.16. The lowest BCUT2D eigenvalue weighted by atomic mass is 9.76. The van der Waals surface area contributed by atoms with Crippen LogP contribution in [0.15, 0.2) is 17.0 Å². The second kappa shape index (κ2) is 5.51. The number of nitrogen functional groups attached to an aromatic ring is 1. The first kappa shape index (κ1) is 16.1. The smallest absolute Gasteiger partial charge is 0.243 e. The minimum absolute atomic E-state index is 0.180. The van der Waals surface area contributed by atoms with Gasteiger partial charge >= 0.3 is 0 Å². The van der Waals surface area contributed by atoms with Crippen molar-refractivity contribution in [3.8, 4) is 0 Å². The lowest BCUT2D eigenvalue weighted by Crippen LogP contribution is -2.57. The summed E-state index contributed by atoms with van der Waals surface area (Å²) >= 11 is 0. The summed E-state index contributed by atoms with van der Waals surface area (Å²) in [6.07, 6.45) is 2.77. The number of rotatable bonds is 5. The molecule has 1 aromatic carbocycles. The Kier molecular flexibility index (Phi) is 4.23. The van der Waals surface area contributed by atoms with E-state index in [1.54, 1.807) is 0 Å². The van der Waals surface area contributed by atoms with Crippen molar-refractivity contribution in [2.24, 2.45) is 0 Å². The first-order valence-electron chi connectivity index (χ1n) is 6.60. The fraction of sp³-hybridized carbons (Fsp3) is 0.538. The summed E-state index contributed by atoms with van der Waals surface area (Å²) in [5.74, 6) is -2.13. The van der Waals surface area contributed by atoms with Gasteiger partial charge in [-0.05, 0) is 39.4 Å². The summed E-state index contributed by atoms with van der Waals surface area (Å²) in [6.45, 7) is 0.180. The van der Waals surface area contributed by atoms with E-state index < -0.39 is 32.2 Å². The highest BCUT2D eigenvalue weighted by molar-refractivity contribution is 7.89. The van der Waals surface area contributed by atoms with Gasteiger partial charge in [-0.3, -0.25) is 0 Å². The molecule has 5 nitrogen and oxygen atoms in total. The zero-order valence-corrected chi connectivity index (χ0v) is 12.8. The molecule has 2 rings (SSSR count). The van der Waals surface area contributed by atoms with Gasteiger partial charge in [0, 0.05) is 18.2 Å². The highest BCUT2D eigenvalue weighted by Crippen LogP contribution is 2.35. The molecule has 0 spiro atoms. The summed E-state index contributed by atoms with van der Waals surface area (Å²) in [5, 5.41) is 0. The second-order valence-electron chi connectivity index (χ2n) is 5.60. The van der Waals surface area contributed by atoms with Gasteiger partial charge in [0.2, 0.25) is 10.0 Å². The Balaban J connectivity index is 2.21. The highest BCUT2D eigenvalue weighted by atomic mass is 32.2. The van der Waals surface area contributed by atoms with Gasteiger partial charge in [-0.25, -0.2) is 21.9 Å². The third kappa shape index (κ3) is 3.02. The number of benzene rings is 1. The molecule has 1 aromatic rings. The van der Waals surface area contributed by atoms with E-state index in [1.165, 1.54) is 0 Å². The Labute approximate surface area is 123 Å². The molecule has 0 unspecified atom stereocenters. The largest absolute Gasteiger partial charge is 0.396 e. The van der Waals surface area contributed by atoms with Gasteiger partial charge in [0.1, 0.15) is 16.5 Å². The molecule has 3 N–H and O–H groups in total. The molecule has 0 atom stereocenters. The van der Waals surface area contributed by atoms with Crippen molar-refractivity contribution in [2.45, 2.75) is 29.7 Å². The Morgan fingerprint density at radius 3 is 2.38 bits per heavy atom. The van der Waals surface area contributed by atoms with Crippen LogP contribution in [0, 0.1) is 11.6 Å². The normalized spacial score (nSPS) is 17.8. The van der Waals surface area contributed by atoms with Crippen molar-refractivity contribution in [3.05, 3.63) is 23.8 Å². The first-order chi connectivity index (χ1) is 9.68. The van der Waals surface area contributed by atoms with Gasteiger partial charge in [-0.2, -0.15) is 0 Å². The number of likely N-dealkylation sites (N-methyl/N-ethyl adjacent to an activating group) is 1. The van der Waals surface area contributed by atoms with E-state index in [0.29, 0.717) is 6.07 Å². The maximum Gasteiger partial charge on any atom is 0.243 e. The molecule has 0 aliphatic heterocycles. The van der Waals surface area contributed by atoms with Crippen molar-refractivity contribution in [1.29, 1.82) is 0 Å². The topological polar surface area (TPSA) is 75.4 Å². The first-order valence-corrected chi connectivity index (χ1v) is 8.08. The average Bonchev–Trinajstić information content (AvgIpc) is 2.31. The van der Waals surface area contributed by atoms with Crippen molar-refractivity contribution < 1.29 is 17.2 Å². The number of nitrogens with zero attached hydrogens (tertiary/aromatic N) is 1. The standard InChI is InChI=1S/C13H19F2N3O2S/c1-18(2)13(4-3-5-13)8-17-21(19,20)12-7-11(16)9(14)6-10(12)15/h6-7,17H,3-5,8,16H2,1-2H3. The van der Waals surface area contributed by atoms with Gasteiger partial charge in [0.15, 0.2) is 0 Å². The highest BCUT2D eigenvalue weighted by Gasteiger charge is 2.40. The number of nitrogens with two attached hydrogens (primary N) is 1. The molecule has 0 aromatic heterocycles. The fourth-order valence-electron chi connectivity index (χ4n) is 2.42. The van der Waals surface area contributed by atoms with E-state index in [0.717, 1.165) is 25.3 Å². The molecule has 21 heavy (non-hydrogen) atoms. The number of sulfonamides is 1. The van der Waals surface area contributed by atoms with Crippen LogP contribution in [0.5, 0.6) is 0 Å². The fourth-order valence-corrected chi connectivity index (χ4v) is 3.64. The Bertz CT molecular complexity index is 643. The van der Waals surface area contributed by atoms with Gasteiger partial charge in [-0.1, -0.05) is 0 Å². The van der Waals surface area contributed by atoms with E-state index in [-0.39, 0.29) is 12.1 Å². The van der Waals surface area contributed by atoms with Crippen LogP contribution in [0.3, 0.4) is 0 Å². The van der Waals surface area contributed by atoms with Crippen molar-refractivity contribution in [1.82, 2.24) is 9.62 Å². The lowest BCUT2D eigenvalue weighted by molar-refractivity contribution is 0.0656. The van der Waals surface area contributed by atoms with E-state index in [4.69, 9.17) is 5.73 Å².